The quantitative estimate of drug-likeness (QED) is 0.923. The van der Waals surface area contributed by atoms with Gasteiger partial charge in [0.15, 0.2) is 0 Å². The van der Waals surface area contributed by atoms with Crippen LogP contribution in [0.4, 0.5) is 9.80 Å². The molecule has 1 N–H and O–H groups in total. The lowest BCUT2D eigenvalue weighted by atomic mass is 9.89. The van der Waals surface area contributed by atoms with E-state index in [9.17, 15) is 4.79 Å². The third kappa shape index (κ3) is 3.05. The Labute approximate surface area is 128 Å². The first-order chi connectivity index (χ1) is 10.1. The number of urea groups is 1. The van der Waals surface area contributed by atoms with Crippen LogP contribution in [-0.4, -0.2) is 27.1 Å². The maximum Gasteiger partial charge on any atom is 0.323 e. The second-order valence-corrected chi connectivity index (χ2v) is 6.92. The highest BCUT2D eigenvalue weighted by Gasteiger charge is 2.40. The van der Waals surface area contributed by atoms with Crippen LogP contribution in [-0.2, 0) is 0 Å². The molecule has 110 valence electrons. The third-order valence-electron chi connectivity index (χ3n) is 3.76. The molecule has 1 fully saturated rings. The van der Waals surface area contributed by atoms with Crippen LogP contribution >= 0.6 is 11.5 Å². The van der Waals surface area contributed by atoms with E-state index in [2.05, 4.69) is 40.9 Å². The maximum atomic E-state index is 12.6. The highest BCUT2D eigenvalue weighted by Crippen LogP contribution is 2.42. The van der Waals surface area contributed by atoms with Gasteiger partial charge in [-0.15, -0.1) is 5.10 Å². The molecule has 21 heavy (non-hydrogen) atoms. The number of anilines is 1. The molecule has 2 aromatic rings. The fourth-order valence-electron chi connectivity index (χ4n) is 2.86. The van der Waals surface area contributed by atoms with Gasteiger partial charge in [0.25, 0.3) is 0 Å². The minimum atomic E-state index is -0.0829. The van der Waals surface area contributed by atoms with Crippen molar-refractivity contribution in [2.75, 3.05) is 11.9 Å². The minimum absolute atomic E-state index is 0.0829. The summed E-state index contributed by atoms with van der Waals surface area (Å²) >= 11 is 1.19. The van der Waals surface area contributed by atoms with Gasteiger partial charge >= 0.3 is 6.03 Å². The van der Waals surface area contributed by atoms with E-state index in [1.807, 2.05) is 23.1 Å². The summed E-state index contributed by atoms with van der Waals surface area (Å²) in [5.74, 6) is 0. The summed E-state index contributed by atoms with van der Waals surface area (Å²) in [7, 11) is 0. The highest BCUT2D eigenvalue weighted by molar-refractivity contribution is 7.10. The Hall–Kier alpha value is -1.95. The van der Waals surface area contributed by atoms with Crippen molar-refractivity contribution in [3.05, 3.63) is 42.1 Å². The number of benzene rings is 1. The zero-order valence-electron chi connectivity index (χ0n) is 12.1. The van der Waals surface area contributed by atoms with Gasteiger partial charge < -0.3 is 4.90 Å². The zero-order chi connectivity index (χ0) is 14.9. The Morgan fingerprint density at radius 1 is 1.38 bits per heavy atom. The average molecular weight is 302 g/mol. The zero-order valence-corrected chi connectivity index (χ0v) is 12.9. The van der Waals surface area contributed by atoms with Crippen LogP contribution in [0.25, 0.3) is 0 Å². The van der Waals surface area contributed by atoms with Crippen molar-refractivity contribution in [2.24, 2.45) is 5.41 Å². The molecule has 3 rings (SSSR count). The van der Waals surface area contributed by atoms with Crippen LogP contribution in [0, 0.1) is 5.41 Å². The molecule has 1 atom stereocenters. The van der Waals surface area contributed by atoms with Crippen LogP contribution < -0.4 is 5.32 Å². The Morgan fingerprint density at radius 3 is 2.81 bits per heavy atom. The molecule has 5 nitrogen and oxygen atoms in total. The normalized spacial score (nSPS) is 20.5. The Kier molecular flexibility index (Phi) is 3.63. The van der Waals surface area contributed by atoms with Gasteiger partial charge in [0.2, 0.25) is 0 Å². The number of rotatable bonds is 2. The van der Waals surface area contributed by atoms with Crippen LogP contribution in [0.5, 0.6) is 0 Å². The summed E-state index contributed by atoms with van der Waals surface area (Å²) in [4.78, 5) is 14.5. The topological polar surface area (TPSA) is 58.1 Å². The van der Waals surface area contributed by atoms with Gasteiger partial charge in [-0.05, 0) is 17.4 Å². The van der Waals surface area contributed by atoms with Crippen molar-refractivity contribution in [3.63, 3.8) is 0 Å². The van der Waals surface area contributed by atoms with Crippen molar-refractivity contribution < 1.29 is 4.79 Å². The number of carbonyl (C=O) groups is 1. The number of aromatic nitrogens is 2. The van der Waals surface area contributed by atoms with E-state index in [-0.39, 0.29) is 17.5 Å². The molecule has 6 heteroatoms. The molecule has 1 aromatic carbocycles. The van der Waals surface area contributed by atoms with Crippen LogP contribution in [0.3, 0.4) is 0 Å². The van der Waals surface area contributed by atoms with Gasteiger partial charge in [0, 0.05) is 18.1 Å². The van der Waals surface area contributed by atoms with Gasteiger partial charge in [-0.1, -0.05) is 48.7 Å². The number of nitrogens with zero attached hydrogens (tertiary/aromatic N) is 3. The van der Waals surface area contributed by atoms with Crippen molar-refractivity contribution in [3.8, 4) is 0 Å². The monoisotopic (exact) mass is 302 g/mol. The standard InChI is InChI=1S/C15H18N4OS/c1-15(2)8-12(11-6-4-3-5-7-11)19(10-15)14(20)17-13-9-16-18-21-13/h3-7,9,12H,8,10H2,1-2H3,(H,17,20). The van der Waals surface area contributed by atoms with Crippen LogP contribution in [0.15, 0.2) is 36.5 Å². The molecular weight excluding hydrogens is 284 g/mol. The largest absolute Gasteiger partial charge is 0.323 e. The second-order valence-electron chi connectivity index (χ2n) is 6.13. The van der Waals surface area contributed by atoms with E-state index in [0.29, 0.717) is 5.00 Å². The summed E-state index contributed by atoms with van der Waals surface area (Å²) in [6, 6.07) is 10.2. The van der Waals surface area contributed by atoms with Crippen molar-refractivity contribution >= 4 is 22.6 Å². The van der Waals surface area contributed by atoms with Gasteiger partial charge in [-0.3, -0.25) is 5.32 Å². The first-order valence-electron chi connectivity index (χ1n) is 6.95. The first kappa shape index (κ1) is 14.0. The molecule has 2 amide bonds. The van der Waals surface area contributed by atoms with Gasteiger partial charge in [-0.25, -0.2) is 4.79 Å². The van der Waals surface area contributed by atoms with Gasteiger partial charge in [0.05, 0.1) is 12.2 Å². The predicted octanol–water partition coefficient (Wildman–Crippen LogP) is 3.54. The van der Waals surface area contributed by atoms with Gasteiger partial charge in [0.1, 0.15) is 5.00 Å². The van der Waals surface area contributed by atoms with Crippen LogP contribution in [0.1, 0.15) is 31.9 Å². The molecule has 1 aliphatic rings. The molecule has 0 spiro atoms. The number of carbonyl (C=O) groups excluding carboxylic acids is 1. The molecule has 0 bridgehead atoms. The number of amides is 2. The van der Waals surface area contributed by atoms with E-state index in [1.54, 1.807) is 6.20 Å². The molecule has 1 unspecified atom stereocenters. The lowest BCUT2D eigenvalue weighted by Gasteiger charge is -2.25. The van der Waals surface area contributed by atoms with E-state index in [0.717, 1.165) is 13.0 Å². The predicted molar refractivity (Wildman–Crippen MR) is 83.2 cm³/mol. The molecule has 0 saturated carbocycles. The maximum absolute atomic E-state index is 12.6. The lowest BCUT2D eigenvalue weighted by Crippen LogP contribution is -2.35. The summed E-state index contributed by atoms with van der Waals surface area (Å²) in [5.41, 5.74) is 1.30. The van der Waals surface area contributed by atoms with E-state index >= 15 is 0 Å². The van der Waals surface area contributed by atoms with Crippen molar-refractivity contribution in [2.45, 2.75) is 26.3 Å². The van der Waals surface area contributed by atoms with Crippen molar-refractivity contribution in [1.82, 2.24) is 14.5 Å². The fourth-order valence-corrected chi connectivity index (χ4v) is 3.26. The van der Waals surface area contributed by atoms with E-state index < -0.39 is 0 Å². The van der Waals surface area contributed by atoms with Crippen molar-refractivity contribution in [1.29, 1.82) is 0 Å². The molecule has 1 aromatic heterocycles. The lowest BCUT2D eigenvalue weighted by molar-refractivity contribution is 0.204. The first-order valence-corrected chi connectivity index (χ1v) is 7.72. The Morgan fingerprint density at radius 2 is 2.14 bits per heavy atom. The molecule has 1 aliphatic heterocycles. The smallest absolute Gasteiger partial charge is 0.317 e. The molecule has 2 heterocycles. The number of hydrogen-bond acceptors (Lipinski definition) is 4. The van der Waals surface area contributed by atoms with E-state index in [4.69, 9.17) is 0 Å². The third-order valence-corrected chi connectivity index (χ3v) is 4.34. The molecule has 1 saturated heterocycles. The van der Waals surface area contributed by atoms with Gasteiger partial charge in [-0.2, -0.15) is 0 Å². The van der Waals surface area contributed by atoms with E-state index in [1.165, 1.54) is 17.1 Å². The summed E-state index contributed by atoms with van der Waals surface area (Å²) < 4.78 is 3.77. The highest BCUT2D eigenvalue weighted by atomic mass is 32.1. The fraction of sp³-hybridized carbons (Fsp3) is 0.400. The SMILES string of the molecule is CC1(C)CC(c2ccccc2)N(C(=O)Nc2cnns2)C1. The number of hydrogen-bond donors (Lipinski definition) is 1. The summed E-state index contributed by atoms with van der Waals surface area (Å²) in [6.45, 7) is 5.14. The molecule has 0 aliphatic carbocycles. The minimum Gasteiger partial charge on any atom is -0.317 e. The number of nitrogens with one attached hydrogen (secondary N) is 1. The number of likely N-dealkylation sites (tertiary alicyclic amines) is 1. The van der Waals surface area contributed by atoms with Crippen LogP contribution in [0.2, 0.25) is 0 Å². The Balaban J connectivity index is 1.82. The average Bonchev–Trinajstić information content (AvgIpc) is 3.07. The second kappa shape index (κ2) is 5.44. The Bertz CT molecular complexity index is 612. The summed E-state index contributed by atoms with van der Waals surface area (Å²) in [5, 5.41) is 7.30. The molecule has 0 radical (unpaired) electrons. The molecular formula is C15H18N4OS. The summed E-state index contributed by atoms with van der Waals surface area (Å²) in [6.07, 6.45) is 2.53.